The highest BCUT2D eigenvalue weighted by Gasteiger charge is 2.21. The molecule has 3 aromatic heterocycles. The molecule has 4 heterocycles. The Morgan fingerprint density at radius 3 is 2.72 bits per heavy atom. The van der Waals surface area contributed by atoms with Crippen LogP contribution in [0.2, 0.25) is 0 Å². The number of benzene rings is 1. The molecular weight excluding hydrogens is 422 g/mol. The summed E-state index contributed by atoms with van der Waals surface area (Å²) in [5.74, 6) is 3.02. The number of thioether (sulfide) groups is 1. The topological polar surface area (TPSA) is 108 Å². The number of nitrogens with zero attached hydrogens (tertiary/aromatic N) is 6. The maximum atomic E-state index is 4.64. The fourth-order valence-electron chi connectivity index (χ4n) is 3.88. The number of hydrogen-bond acceptors (Lipinski definition) is 9. The van der Waals surface area contributed by atoms with Crippen molar-refractivity contribution in [2.75, 3.05) is 41.4 Å². The van der Waals surface area contributed by atoms with Gasteiger partial charge in [0.2, 0.25) is 5.95 Å². The number of anilines is 4. The molecule has 4 aromatic rings. The van der Waals surface area contributed by atoms with Crippen molar-refractivity contribution in [1.29, 1.82) is 0 Å². The smallest absolute Gasteiger partial charge is 0.225 e. The lowest BCUT2D eigenvalue weighted by Gasteiger charge is -2.32. The molecule has 0 spiro atoms. The van der Waals surface area contributed by atoms with E-state index in [0.717, 1.165) is 71.8 Å². The predicted octanol–water partition coefficient (Wildman–Crippen LogP) is 3.94. The summed E-state index contributed by atoms with van der Waals surface area (Å²) in [6.45, 7) is 2.83. The Morgan fingerprint density at radius 1 is 1.09 bits per heavy atom. The van der Waals surface area contributed by atoms with Crippen LogP contribution in [-0.2, 0) is 0 Å². The van der Waals surface area contributed by atoms with Crippen molar-refractivity contribution in [3.05, 3.63) is 48.9 Å². The largest absolute Gasteiger partial charge is 0.370 e. The number of hydrogen-bond donors (Lipinski definition) is 3. The van der Waals surface area contributed by atoms with E-state index >= 15 is 0 Å². The van der Waals surface area contributed by atoms with Crippen LogP contribution in [0.5, 0.6) is 0 Å². The van der Waals surface area contributed by atoms with Crippen LogP contribution in [-0.4, -0.2) is 56.0 Å². The molecule has 32 heavy (non-hydrogen) atoms. The van der Waals surface area contributed by atoms with E-state index < -0.39 is 0 Å². The van der Waals surface area contributed by atoms with E-state index in [4.69, 9.17) is 0 Å². The molecule has 0 unspecified atom stereocenters. The van der Waals surface area contributed by atoms with Crippen LogP contribution in [0.4, 0.5) is 23.3 Å². The number of nitrogens with one attached hydrogen (secondary N) is 3. The first kappa shape index (κ1) is 20.5. The van der Waals surface area contributed by atoms with E-state index in [1.165, 1.54) is 11.8 Å². The van der Waals surface area contributed by atoms with Gasteiger partial charge in [0.25, 0.3) is 0 Å². The third kappa shape index (κ3) is 4.75. The molecule has 1 fully saturated rings. The second kappa shape index (κ2) is 9.39. The molecule has 1 aromatic carbocycles. The van der Waals surface area contributed by atoms with Gasteiger partial charge in [-0.05, 0) is 49.3 Å². The maximum Gasteiger partial charge on any atom is 0.225 e. The monoisotopic (exact) mass is 447 g/mol. The van der Waals surface area contributed by atoms with Crippen LogP contribution in [0.3, 0.4) is 0 Å². The first-order valence-corrected chi connectivity index (χ1v) is 11.9. The summed E-state index contributed by atoms with van der Waals surface area (Å²) in [4.78, 5) is 20.2. The van der Waals surface area contributed by atoms with Gasteiger partial charge in [-0.2, -0.15) is 5.10 Å². The summed E-state index contributed by atoms with van der Waals surface area (Å²) in [6.07, 6.45) is 9.60. The lowest BCUT2D eigenvalue weighted by Crippen LogP contribution is -2.36. The van der Waals surface area contributed by atoms with Gasteiger partial charge in [-0.15, -0.1) is 0 Å². The Labute approximate surface area is 190 Å². The van der Waals surface area contributed by atoms with Gasteiger partial charge >= 0.3 is 0 Å². The molecule has 0 saturated carbocycles. The molecule has 164 valence electrons. The fourth-order valence-corrected chi connectivity index (χ4v) is 4.26. The molecule has 5 rings (SSSR count). The minimum Gasteiger partial charge on any atom is -0.370 e. The molecule has 0 amide bonds. The molecule has 1 aliphatic heterocycles. The van der Waals surface area contributed by atoms with E-state index in [1.54, 1.807) is 12.4 Å². The Morgan fingerprint density at radius 2 is 1.91 bits per heavy atom. The molecule has 1 saturated heterocycles. The summed E-state index contributed by atoms with van der Waals surface area (Å²) in [7, 11) is 0. The number of H-pyrrole nitrogens is 1. The summed E-state index contributed by atoms with van der Waals surface area (Å²) in [5.41, 5.74) is 1.97. The average molecular weight is 448 g/mol. The summed E-state index contributed by atoms with van der Waals surface area (Å²) >= 11 is 1.53. The van der Waals surface area contributed by atoms with Crippen molar-refractivity contribution in [2.45, 2.75) is 18.0 Å². The lowest BCUT2D eigenvalue weighted by molar-refractivity contribution is 0.419. The first-order valence-electron chi connectivity index (χ1n) is 10.7. The average Bonchev–Trinajstić information content (AvgIpc) is 3.31. The SMILES string of the molecule is CSc1nc(NCC2CCN(c3ncccn3)CC2)cc(Nc2ccc3[nH]ncc3c2)n1. The minimum absolute atomic E-state index is 0.586. The van der Waals surface area contributed by atoms with Gasteiger partial charge < -0.3 is 15.5 Å². The standard InChI is InChI=1S/C22H25N9S/c1-32-22-28-19(12-20(29-22)27-17-3-4-18-16(11-17)14-26-30-18)25-13-15-5-9-31(10-6-15)21-23-7-2-8-24-21/h2-4,7-8,11-12,14-15H,5-6,9-10,13H2,1H3,(H,26,30)(H2,25,27,28,29). The van der Waals surface area contributed by atoms with E-state index in [0.29, 0.717) is 5.92 Å². The zero-order chi connectivity index (χ0) is 21.8. The Balaban J connectivity index is 1.21. The molecule has 9 nitrogen and oxygen atoms in total. The van der Waals surface area contributed by atoms with Gasteiger partial charge in [0.1, 0.15) is 11.6 Å². The summed E-state index contributed by atoms with van der Waals surface area (Å²) in [6, 6.07) is 9.89. The summed E-state index contributed by atoms with van der Waals surface area (Å²) < 4.78 is 0. The van der Waals surface area contributed by atoms with Crippen LogP contribution in [0.15, 0.2) is 54.1 Å². The third-order valence-electron chi connectivity index (χ3n) is 5.62. The van der Waals surface area contributed by atoms with Crippen molar-refractivity contribution < 1.29 is 0 Å². The lowest BCUT2D eigenvalue weighted by atomic mass is 9.97. The van der Waals surface area contributed by atoms with Crippen LogP contribution < -0.4 is 15.5 Å². The third-order valence-corrected chi connectivity index (χ3v) is 6.17. The fraction of sp³-hybridized carbons (Fsp3) is 0.318. The van der Waals surface area contributed by atoms with Gasteiger partial charge in [0, 0.05) is 49.2 Å². The molecule has 1 aliphatic rings. The molecule has 3 N–H and O–H groups in total. The van der Waals surface area contributed by atoms with E-state index in [-0.39, 0.29) is 0 Å². The number of aromatic nitrogens is 6. The van der Waals surface area contributed by atoms with Gasteiger partial charge in [-0.25, -0.2) is 19.9 Å². The summed E-state index contributed by atoms with van der Waals surface area (Å²) in [5, 5.41) is 15.8. The highest BCUT2D eigenvalue weighted by Crippen LogP contribution is 2.25. The predicted molar refractivity (Wildman–Crippen MR) is 129 cm³/mol. The Kier molecular flexibility index (Phi) is 6.02. The molecule has 0 radical (unpaired) electrons. The minimum atomic E-state index is 0.586. The number of fused-ring (bicyclic) bond motifs is 1. The van der Waals surface area contributed by atoms with Gasteiger partial charge in [0.05, 0.1) is 11.7 Å². The molecular formula is C22H25N9S. The normalized spacial score (nSPS) is 14.6. The highest BCUT2D eigenvalue weighted by molar-refractivity contribution is 7.98. The van der Waals surface area contributed by atoms with Crippen molar-refractivity contribution in [3.8, 4) is 0 Å². The van der Waals surface area contributed by atoms with Crippen LogP contribution >= 0.6 is 11.8 Å². The molecule has 0 atom stereocenters. The van der Waals surface area contributed by atoms with Gasteiger partial charge in [0.15, 0.2) is 5.16 Å². The van der Waals surface area contributed by atoms with Crippen molar-refractivity contribution in [2.24, 2.45) is 5.92 Å². The zero-order valence-corrected chi connectivity index (χ0v) is 18.6. The van der Waals surface area contributed by atoms with Gasteiger partial charge in [-0.3, -0.25) is 5.10 Å². The molecule has 0 bridgehead atoms. The second-order valence-electron chi connectivity index (χ2n) is 7.78. The van der Waals surface area contributed by atoms with Gasteiger partial charge in [-0.1, -0.05) is 11.8 Å². The molecule has 10 heteroatoms. The van der Waals surface area contributed by atoms with E-state index in [1.807, 2.05) is 36.7 Å². The quantitative estimate of drug-likeness (QED) is 0.287. The highest BCUT2D eigenvalue weighted by atomic mass is 32.2. The zero-order valence-electron chi connectivity index (χ0n) is 17.8. The number of rotatable bonds is 7. The molecule has 0 aliphatic carbocycles. The van der Waals surface area contributed by atoms with Crippen molar-refractivity contribution in [1.82, 2.24) is 30.1 Å². The van der Waals surface area contributed by atoms with Crippen molar-refractivity contribution in [3.63, 3.8) is 0 Å². The number of piperidine rings is 1. The van der Waals surface area contributed by atoms with Crippen LogP contribution in [0.25, 0.3) is 10.9 Å². The van der Waals surface area contributed by atoms with E-state index in [9.17, 15) is 0 Å². The Hall–Kier alpha value is -3.40. The number of aromatic amines is 1. The second-order valence-corrected chi connectivity index (χ2v) is 8.56. The Bertz CT molecular complexity index is 1170. The van der Waals surface area contributed by atoms with Crippen LogP contribution in [0, 0.1) is 5.92 Å². The van der Waals surface area contributed by atoms with Crippen LogP contribution in [0.1, 0.15) is 12.8 Å². The van der Waals surface area contributed by atoms with E-state index in [2.05, 4.69) is 51.7 Å². The first-order chi connectivity index (χ1) is 15.8. The van der Waals surface area contributed by atoms with Crippen molar-refractivity contribution >= 4 is 45.9 Å². The maximum absolute atomic E-state index is 4.64.